The Bertz CT molecular complexity index is 1100. The number of nitrogens with zero attached hydrogens (tertiary/aromatic N) is 2. The van der Waals surface area contributed by atoms with E-state index in [1.807, 2.05) is 36.4 Å². The van der Waals surface area contributed by atoms with Crippen molar-refractivity contribution in [1.82, 2.24) is 15.1 Å². The minimum atomic E-state index is -5.31. The fourth-order valence-electron chi connectivity index (χ4n) is 5.05. The Morgan fingerprint density at radius 3 is 2.12 bits per heavy atom. The van der Waals surface area contributed by atoms with Gasteiger partial charge in [0.05, 0.1) is 0 Å². The molecule has 1 atom stereocenters. The molecule has 0 spiro atoms. The number of carbonyl (C=O) groups excluding carboxylic acids is 3. The molecule has 1 fully saturated rings. The minimum absolute atomic E-state index is 0.0206. The number of esters is 2. The predicted molar refractivity (Wildman–Crippen MR) is 150 cm³/mol. The van der Waals surface area contributed by atoms with Gasteiger partial charge in [0.1, 0.15) is 6.04 Å². The lowest BCUT2D eigenvalue weighted by Gasteiger charge is -2.33. The van der Waals surface area contributed by atoms with Gasteiger partial charge in [-0.2, -0.15) is 13.2 Å². The minimum Gasteiger partial charge on any atom is -0.385 e. The molecule has 2 aromatic carbocycles. The molecule has 1 saturated heterocycles. The number of hydrogen-bond acceptors (Lipinski definition) is 5. The number of rotatable bonds is 12. The van der Waals surface area contributed by atoms with Crippen LogP contribution < -0.4 is 5.32 Å². The molecule has 0 bridgehead atoms. The molecule has 0 saturated carbocycles. The third kappa shape index (κ3) is 11.2. The van der Waals surface area contributed by atoms with Crippen LogP contribution in [0.4, 0.5) is 18.0 Å². The second kappa shape index (κ2) is 15.6. The maximum atomic E-state index is 13.3. The van der Waals surface area contributed by atoms with E-state index in [1.165, 1.54) is 5.56 Å². The number of alkyl halides is 3. The first-order valence-electron chi connectivity index (χ1n) is 14.2. The van der Waals surface area contributed by atoms with Gasteiger partial charge in [0.25, 0.3) is 0 Å². The van der Waals surface area contributed by atoms with E-state index in [9.17, 15) is 27.6 Å². The number of benzene rings is 2. The van der Waals surface area contributed by atoms with Crippen molar-refractivity contribution < 1.29 is 32.3 Å². The maximum Gasteiger partial charge on any atom is 0.491 e. The molecule has 1 N–H and O–H groups in total. The lowest BCUT2D eigenvalue weighted by molar-refractivity contribution is -0.202. The Morgan fingerprint density at radius 2 is 1.56 bits per heavy atom. The van der Waals surface area contributed by atoms with Gasteiger partial charge in [-0.05, 0) is 74.7 Å². The summed E-state index contributed by atoms with van der Waals surface area (Å²) in [6, 6.07) is 17.8. The Labute approximate surface area is 240 Å². The molecule has 10 heteroatoms. The quantitative estimate of drug-likeness (QED) is 0.264. The smallest absolute Gasteiger partial charge is 0.385 e. The van der Waals surface area contributed by atoms with Crippen molar-refractivity contribution in [2.45, 2.75) is 64.7 Å². The molecule has 1 heterocycles. The van der Waals surface area contributed by atoms with Crippen LogP contribution in [-0.2, 0) is 27.3 Å². The molecule has 224 valence electrons. The van der Waals surface area contributed by atoms with Crippen LogP contribution in [0.3, 0.4) is 0 Å². The number of nitrogens with one attached hydrogen (secondary N) is 1. The Morgan fingerprint density at radius 1 is 0.976 bits per heavy atom. The first kappa shape index (κ1) is 32.1. The van der Waals surface area contributed by atoms with Gasteiger partial charge in [0.2, 0.25) is 0 Å². The Kier molecular flexibility index (Phi) is 12.2. The summed E-state index contributed by atoms with van der Waals surface area (Å²) in [4.78, 5) is 40.9. The second-order valence-electron chi connectivity index (χ2n) is 11.1. The molecule has 0 radical (unpaired) electrons. The highest BCUT2D eigenvalue weighted by molar-refractivity contribution is 5.92. The lowest BCUT2D eigenvalue weighted by atomic mass is 9.90. The molecule has 41 heavy (non-hydrogen) atoms. The average Bonchev–Trinajstić information content (AvgIpc) is 2.93. The van der Waals surface area contributed by atoms with Gasteiger partial charge in [0.15, 0.2) is 0 Å². The van der Waals surface area contributed by atoms with Gasteiger partial charge in [-0.1, -0.05) is 74.5 Å². The largest absolute Gasteiger partial charge is 0.491 e. The van der Waals surface area contributed by atoms with Crippen LogP contribution in [0.1, 0.15) is 50.7 Å². The second-order valence-corrected chi connectivity index (χ2v) is 11.1. The van der Waals surface area contributed by atoms with Crippen LogP contribution in [0.15, 0.2) is 60.7 Å². The van der Waals surface area contributed by atoms with E-state index in [-0.39, 0.29) is 18.9 Å². The van der Waals surface area contributed by atoms with Crippen molar-refractivity contribution >= 4 is 18.0 Å². The topological polar surface area (TPSA) is 79.0 Å². The summed E-state index contributed by atoms with van der Waals surface area (Å²) in [5.41, 5.74) is 2.23. The number of halogens is 3. The van der Waals surface area contributed by atoms with Crippen molar-refractivity contribution in [3.8, 4) is 0 Å². The van der Waals surface area contributed by atoms with Crippen LogP contribution in [0.25, 0.3) is 0 Å². The molecule has 2 aromatic rings. The predicted octanol–water partition coefficient (Wildman–Crippen LogP) is 5.59. The molecule has 3 rings (SSSR count). The summed E-state index contributed by atoms with van der Waals surface area (Å²) in [7, 11) is 0. The highest BCUT2D eigenvalue weighted by Crippen LogP contribution is 2.22. The SMILES string of the molecule is CC(C)C[C@H](NC(=O)N(CCCN1CCC(Cc2ccccc2)CC1)Cc1ccccc1)C(=O)OC(=O)C(F)(F)F. The zero-order chi connectivity index (χ0) is 29.8. The van der Waals surface area contributed by atoms with Gasteiger partial charge in [-0.15, -0.1) is 0 Å². The van der Waals surface area contributed by atoms with Crippen molar-refractivity contribution in [1.29, 1.82) is 0 Å². The van der Waals surface area contributed by atoms with Crippen molar-refractivity contribution in [3.63, 3.8) is 0 Å². The molecule has 0 unspecified atom stereocenters. The number of hydrogen-bond donors (Lipinski definition) is 1. The third-order valence-corrected chi connectivity index (χ3v) is 7.19. The van der Waals surface area contributed by atoms with E-state index < -0.39 is 30.2 Å². The van der Waals surface area contributed by atoms with Gasteiger partial charge >= 0.3 is 24.1 Å². The van der Waals surface area contributed by atoms with E-state index >= 15 is 0 Å². The van der Waals surface area contributed by atoms with Crippen LogP contribution >= 0.6 is 0 Å². The first-order chi connectivity index (χ1) is 19.5. The number of likely N-dealkylation sites (tertiary alicyclic amines) is 1. The fraction of sp³-hybridized carbons (Fsp3) is 0.516. The van der Waals surface area contributed by atoms with E-state index in [0.717, 1.165) is 44.5 Å². The molecular weight excluding hydrogens is 535 g/mol. The Hall–Kier alpha value is -3.40. The first-order valence-corrected chi connectivity index (χ1v) is 14.2. The highest BCUT2D eigenvalue weighted by atomic mass is 19.4. The van der Waals surface area contributed by atoms with Crippen LogP contribution in [0.2, 0.25) is 0 Å². The number of urea groups is 1. The van der Waals surface area contributed by atoms with E-state index in [4.69, 9.17) is 0 Å². The van der Waals surface area contributed by atoms with Gasteiger partial charge < -0.3 is 19.9 Å². The average molecular weight is 576 g/mol. The highest BCUT2D eigenvalue weighted by Gasteiger charge is 2.43. The van der Waals surface area contributed by atoms with E-state index in [2.05, 4.69) is 39.2 Å². The van der Waals surface area contributed by atoms with Gasteiger partial charge in [-0.3, -0.25) is 0 Å². The molecule has 0 aliphatic carbocycles. The third-order valence-electron chi connectivity index (χ3n) is 7.19. The molecule has 0 aromatic heterocycles. The molecule has 2 amide bonds. The summed E-state index contributed by atoms with van der Waals surface area (Å²) in [6.07, 6.45) is -1.30. The Balaban J connectivity index is 1.57. The molecule has 7 nitrogen and oxygen atoms in total. The monoisotopic (exact) mass is 575 g/mol. The molecule has 1 aliphatic rings. The van der Waals surface area contributed by atoms with E-state index in [0.29, 0.717) is 18.9 Å². The summed E-state index contributed by atoms with van der Waals surface area (Å²) < 4.78 is 42.0. The summed E-state index contributed by atoms with van der Waals surface area (Å²) >= 11 is 0. The van der Waals surface area contributed by atoms with Crippen molar-refractivity contribution in [2.75, 3.05) is 26.2 Å². The van der Waals surface area contributed by atoms with Crippen molar-refractivity contribution in [2.24, 2.45) is 11.8 Å². The van der Waals surface area contributed by atoms with Crippen LogP contribution in [0.5, 0.6) is 0 Å². The standard InChI is InChI=1S/C31H40F3N3O4/c1-23(2)20-27(28(38)41-29(39)31(32,33)34)35-30(40)37(22-26-12-7-4-8-13-26)17-9-16-36-18-14-25(15-19-36)21-24-10-5-3-6-11-24/h3-8,10-13,23,25,27H,9,14-22H2,1-2H3,(H,35,40)/t27-/m0/s1. The number of amides is 2. The zero-order valence-electron chi connectivity index (χ0n) is 23.7. The van der Waals surface area contributed by atoms with Crippen LogP contribution in [-0.4, -0.2) is 66.2 Å². The molecule has 1 aliphatic heterocycles. The summed E-state index contributed by atoms with van der Waals surface area (Å²) in [5.74, 6) is -3.52. The lowest BCUT2D eigenvalue weighted by Crippen LogP contribution is -2.50. The van der Waals surface area contributed by atoms with Gasteiger partial charge in [0, 0.05) is 13.1 Å². The zero-order valence-corrected chi connectivity index (χ0v) is 23.7. The van der Waals surface area contributed by atoms with Crippen molar-refractivity contribution in [3.05, 3.63) is 71.8 Å². The number of piperidine rings is 1. The maximum absolute atomic E-state index is 13.3. The number of carbonyl (C=O) groups is 3. The van der Waals surface area contributed by atoms with Crippen LogP contribution in [0, 0.1) is 11.8 Å². The normalized spacial score (nSPS) is 15.4. The number of ether oxygens (including phenoxy) is 1. The van der Waals surface area contributed by atoms with Gasteiger partial charge in [-0.25, -0.2) is 14.4 Å². The molecular formula is C31H40F3N3O4. The van der Waals surface area contributed by atoms with E-state index in [1.54, 1.807) is 18.7 Å². The fourth-order valence-corrected chi connectivity index (χ4v) is 5.05. The summed E-state index contributed by atoms with van der Waals surface area (Å²) in [5, 5.41) is 2.52. The summed E-state index contributed by atoms with van der Waals surface area (Å²) in [6.45, 7) is 6.92.